The lowest BCUT2D eigenvalue weighted by atomic mass is 10.0. The maximum atomic E-state index is 12.8. The van der Waals surface area contributed by atoms with Gasteiger partial charge in [-0.2, -0.15) is 0 Å². The lowest BCUT2D eigenvalue weighted by molar-refractivity contribution is -0.132. The number of amides is 1. The second-order valence-electron chi connectivity index (χ2n) is 6.77. The zero-order valence-electron chi connectivity index (χ0n) is 15.1. The van der Waals surface area contributed by atoms with Crippen LogP contribution in [0.2, 0.25) is 5.02 Å². The second-order valence-corrected chi connectivity index (χ2v) is 7.21. The molecule has 0 atom stereocenters. The third kappa shape index (κ3) is 3.55. The normalized spacial score (nSPS) is 13.4. The van der Waals surface area contributed by atoms with Crippen LogP contribution in [0.3, 0.4) is 0 Å². The SMILES string of the molecule is O=C(CCC(=O)N1CCc2nc3ccc(Cl)cn3c(=O)c2C1)c1ccccc1. The highest BCUT2D eigenvalue weighted by Gasteiger charge is 2.25. The van der Waals surface area contributed by atoms with E-state index < -0.39 is 0 Å². The van der Waals surface area contributed by atoms with Crippen molar-refractivity contribution in [1.82, 2.24) is 14.3 Å². The lowest BCUT2D eigenvalue weighted by Gasteiger charge is -2.28. The van der Waals surface area contributed by atoms with Gasteiger partial charge in [-0.05, 0) is 12.1 Å². The molecule has 0 saturated heterocycles. The van der Waals surface area contributed by atoms with Gasteiger partial charge in [-0.25, -0.2) is 4.98 Å². The molecular formula is C21H18ClN3O3. The molecule has 0 bridgehead atoms. The molecule has 1 amide bonds. The van der Waals surface area contributed by atoms with Gasteiger partial charge in [0.1, 0.15) is 5.65 Å². The summed E-state index contributed by atoms with van der Waals surface area (Å²) in [5, 5.41) is 0.444. The van der Waals surface area contributed by atoms with Crippen molar-refractivity contribution in [3.63, 3.8) is 0 Å². The Hall–Kier alpha value is -2.99. The van der Waals surface area contributed by atoms with Crippen molar-refractivity contribution in [3.05, 3.63) is 80.9 Å². The number of ketones is 1. The molecule has 1 aliphatic heterocycles. The fourth-order valence-corrected chi connectivity index (χ4v) is 3.59. The zero-order chi connectivity index (χ0) is 19.7. The van der Waals surface area contributed by atoms with E-state index in [4.69, 9.17) is 11.6 Å². The van der Waals surface area contributed by atoms with E-state index >= 15 is 0 Å². The molecule has 0 saturated carbocycles. The second kappa shape index (κ2) is 7.56. The van der Waals surface area contributed by atoms with Crippen molar-refractivity contribution in [2.45, 2.75) is 25.8 Å². The Morgan fingerprint density at radius 1 is 1.07 bits per heavy atom. The summed E-state index contributed by atoms with van der Waals surface area (Å²) in [5.41, 5.74) is 2.16. The van der Waals surface area contributed by atoms with Gasteiger partial charge in [0.05, 0.1) is 22.8 Å². The first-order valence-electron chi connectivity index (χ1n) is 9.08. The van der Waals surface area contributed by atoms with Crippen molar-refractivity contribution in [2.24, 2.45) is 0 Å². The molecule has 3 heterocycles. The number of halogens is 1. The van der Waals surface area contributed by atoms with Crippen molar-refractivity contribution in [1.29, 1.82) is 0 Å². The van der Waals surface area contributed by atoms with Crippen LogP contribution >= 0.6 is 11.6 Å². The highest BCUT2D eigenvalue weighted by atomic mass is 35.5. The lowest BCUT2D eigenvalue weighted by Crippen LogP contribution is -2.40. The first kappa shape index (κ1) is 18.4. The molecule has 0 radical (unpaired) electrons. The van der Waals surface area contributed by atoms with Gasteiger partial charge in [-0.3, -0.25) is 18.8 Å². The average molecular weight is 396 g/mol. The molecule has 0 N–H and O–H groups in total. The number of nitrogens with zero attached hydrogens (tertiary/aromatic N) is 3. The minimum Gasteiger partial charge on any atom is -0.338 e. The Kier molecular flexibility index (Phi) is 4.96. The minimum atomic E-state index is -0.208. The van der Waals surface area contributed by atoms with Crippen LogP contribution in [0.1, 0.15) is 34.5 Å². The predicted octanol–water partition coefficient (Wildman–Crippen LogP) is 2.90. The predicted molar refractivity (Wildman–Crippen MR) is 106 cm³/mol. The molecule has 1 aromatic carbocycles. The van der Waals surface area contributed by atoms with Crippen LogP contribution in [0.4, 0.5) is 0 Å². The van der Waals surface area contributed by atoms with E-state index in [1.165, 1.54) is 10.6 Å². The number of pyridine rings is 1. The summed E-state index contributed by atoms with van der Waals surface area (Å²) in [6, 6.07) is 12.3. The van der Waals surface area contributed by atoms with Crippen molar-refractivity contribution in [3.8, 4) is 0 Å². The molecule has 0 spiro atoms. The third-order valence-electron chi connectivity index (χ3n) is 4.95. The molecule has 2 aromatic heterocycles. The maximum Gasteiger partial charge on any atom is 0.263 e. The molecule has 0 aliphatic carbocycles. The number of rotatable bonds is 4. The summed E-state index contributed by atoms with van der Waals surface area (Å²) in [6.45, 7) is 0.691. The quantitative estimate of drug-likeness (QED) is 0.637. The van der Waals surface area contributed by atoms with Crippen molar-refractivity contribution >= 4 is 28.9 Å². The number of aromatic nitrogens is 2. The van der Waals surface area contributed by atoms with E-state index in [1.807, 2.05) is 6.07 Å². The molecular weight excluding hydrogens is 378 g/mol. The minimum absolute atomic E-state index is 0.0614. The van der Waals surface area contributed by atoms with Crippen molar-refractivity contribution in [2.75, 3.05) is 6.54 Å². The van der Waals surface area contributed by atoms with Gasteiger partial charge >= 0.3 is 0 Å². The number of hydrogen-bond donors (Lipinski definition) is 0. The van der Waals surface area contributed by atoms with Crippen LogP contribution in [0.25, 0.3) is 5.65 Å². The Morgan fingerprint density at radius 3 is 2.64 bits per heavy atom. The van der Waals surface area contributed by atoms with Gasteiger partial charge < -0.3 is 4.90 Å². The summed E-state index contributed by atoms with van der Waals surface area (Å²) >= 11 is 5.99. The summed E-state index contributed by atoms with van der Waals surface area (Å²) < 4.78 is 1.41. The summed E-state index contributed by atoms with van der Waals surface area (Å²) in [7, 11) is 0. The Morgan fingerprint density at radius 2 is 1.86 bits per heavy atom. The van der Waals surface area contributed by atoms with Gasteiger partial charge in [0.15, 0.2) is 5.78 Å². The van der Waals surface area contributed by atoms with Crippen LogP contribution < -0.4 is 5.56 Å². The Bertz CT molecular complexity index is 1120. The third-order valence-corrected chi connectivity index (χ3v) is 5.17. The van der Waals surface area contributed by atoms with Gasteiger partial charge in [0, 0.05) is 37.6 Å². The Labute approximate surface area is 166 Å². The number of carbonyl (C=O) groups is 2. The zero-order valence-corrected chi connectivity index (χ0v) is 15.9. The fourth-order valence-electron chi connectivity index (χ4n) is 3.43. The Balaban J connectivity index is 1.49. The van der Waals surface area contributed by atoms with Crippen LogP contribution in [0.5, 0.6) is 0 Å². The standard InChI is InChI=1S/C21H18ClN3O3/c22-15-6-8-19-23-17-10-11-24(13-16(17)21(28)25(19)12-15)20(27)9-7-18(26)14-4-2-1-3-5-14/h1-6,8,12H,7,9-11,13H2. The van der Waals surface area contributed by atoms with E-state index in [-0.39, 0.29) is 36.6 Å². The highest BCUT2D eigenvalue weighted by Crippen LogP contribution is 2.18. The van der Waals surface area contributed by atoms with Gasteiger partial charge in [0.2, 0.25) is 5.91 Å². The topological polar surface area (TPSA) is 71.8 Å². The monoisotopic (exact) mass is 395 g/mol. The fraction of sp³-hybridized carbons (Fsp3) is 0.238. The molecule has 142 valence electrons. The largest absolute Gasteiger partial charge is 0.338 e. The van der Waals surface area contributed by atoms with Crippen molar-refractivity contribution < 1.29 is 9.59 Å². The van der Waals surface area contributed by atoms with E-state index in [9.17, 15) is 14.4 Å². The van der Waals surface area contributed by atoms with E-state index in [0.29, 0.717) is 34.8 Å². The van der Waals surface area contributed by atoms with Gasteiger partial charge in [-0.1, -0.05) is 41.9 Å². The molecule has 1 aliphatic rings. The molecule has 28 heavy (non-hydrogen) atoms. The summed E-state index contributed by atoms with van der Waals surface area (Å²) in [5.74, 6) is -0.195. The number of Topliss-reactive ketones (excluding diaryl/α,β-unsaturated/α-hetero) is 1. The van der Waals surface area contributed by atoms with Crippen LogP contribution in [-0.4, -0.2) is 32.5 Å². The maximum absolute atomic E-state index is 12.8. The number of fused-ring (bicyclic) bond motifs is 2. The molecule has 4 rings (SSSR count). The number of hydrogen-bond acceptors (Lipinski definition) is 4. The highest BCUT2D eigenvalue weighted by molar-refractivity contribution is 6.30. The van der Waals surface area contributed by atoms with Crippen LogP contribution in [-0.2, 0) is 17.8 Å². The summed E-state index contributed by atoms with van der Waals surface area (Å²) in [4.78, 5) is 43.8. The van der Waals surface area contributed by atoms with Crippen LogP contribution in [0.15, 0.2) is 53.5 Å². The van der Waals surface area contributed by atoms with E-state index in [2.05, 4.69) is 4.98 Å². The molecule has 7 heteroatoms. The molecule has 0 unspecified atom stereocenters. The smallest absolute Gasteiger partial charge is 0.263 e. The van der Waals surface area contributed by atoms with Gasteiger partial charge in [-0.15, -0.1) is 0 Å². The molecule has 0 fully saturated rings. The van der Waals surface area contributed by atoms with E-state index in [0.717, 1.165) is 5.69 Å². The molecule has 6 nitrogen and oxygen atoms in total. The van der Waals surface area contributed by atoms with Gasteiger partial charge in [0.25, 0.3) is 5.56 Å². The molecule has 3 aromatic rings. The first-order chi connectivity index (χ1) is 13.5. The number of benzene rings is 1. The first-order valence-corrected chi connectivity index (χ1v) is 9.46. The average Bonchev–Trinajstić information content (AvgIpc) is 2.73. The number of carbonyl (C=O) groups excluding carboxylic acids is 2. The summed E-state index contributed by atoms with van der Waals surface area (Å²) in [6.07, 6.45) is 2.32. The van der Waals surface area contributed by atoms with E-state index in [1.54, 1.807) is 41.3 Å². The van der Waals surface area contributed by atoms with Crippen LogP contribution in [0, 0.1) is 0 Å².